The number of benzene rings is 3. The first-order valence-electron chi connectivity index (χ1n) is 16.0. The Morgan fingerprint density at radius 1 is 0.958 bits per heavy atom. The van der Waals surface area contributed by atoms with Gasteiger partial charge in [0.1, 0.15) is 40.6 Å². The number of esters is 1. The third-order valence-electron chi connectivity index (χ3n) is 9.40. The van der Waals surface area contributed by atoms with Crippen LogP contribution in [0.4, 0.5) is 0 Å². The van der Waals surface area contributed by atoms with Crippen molar-refractivity contribution in [2.45, 2.75) is 50.8 Å². The smallest absolute Gasteiger partial charge is 0.355 e. The molecule has 254 valence electrons. The van der Waals surface area contributed by atoms with Crippen LogP contribution in [0, 0.1) is 11.8 Å². The number of ether oxygens (including phenoxy) is 5. The van der Waals surface area contributed by atoms with Crippen LogP contribution in [0.2, 0.25) is 0 Å². The minimum absolute atomic E-state index is 0.0169. The lowest BCUT2D eigenvalue weighted by Gasteiger charge is -2.41. The summed E-state index contributed by atoms with van der Waals surface area (Å²) in [5.74, 6) is -4.28. The van der Waals surface area contributed by atoms with Gasteiger partial charge in [-0.15, -0.1) is 0 Å². The van der Waals surface area contributed by atoms with E-state index in [0.717, 1.165) is 0 Å². The highest BCUT2D eigenvalue weighted by atomic mass is 16.6. The highest BCUT2D eigenvalue weighted by Crippen LogP contribution is 2.53. The summed E-state index contributed by atoms with van der Waals surface area (Å²) in [5.41, 5.74) is -1.28. The molecule has 2 heterocycles. The maximum Gasteiger partial charge on any atom is 0.355 e. The Bertz CT molecular complexity index is 1660. The molecule has 5 atom stereocenters. The number of methoxy groups -OCH3 is 4. The number of hydrogen-bond donors (Lipinski definition) is 1. The monoisotopic (exact) mass is 658 g/mol. The van der Waals surface area contributed by atoms with Crippen LogP contribution >= 0.6 is 0 Å². The van der Waals surface area contributed by atoms with Gasteiger partial charge >= 0.3 is 5.97 Å². The zero-order chi connectivity index (χ0) is 34.6. The number of amides is 2. The Hall–Kier alpha value is -5.06. The van der Waals surface area contributed by atoms with E-state index in [4.69, 9.17) is 23.7 Å². The van der Waals surface area contributed by atoms with E-state index in [1.165, 1.54) is 45.5 Å². The fourth-order valence-corrected chi connectivity index (χ4v) is 6.66. The van der Waals surface area contributed by atoms with E-state index >= 15 is 9.59 Å². The molecule has 0 aliphatic carbocycles. The summed E-state index contributed by atoms with van der Waals surface area (Å²) in [5, 5.41) is 3.02. The summed E-state index contributed by atoms with van der Waals surface area (Å²) in [7, 11) is 5.61. The molecule has 0 radical (unpaired) electrons. The largest absolute Gasteiger partial charge is 0.497 e. The van der Waals surface area contributed by atoms with Crippen LogP contribution in [0.5, 0.6) is 23.0 Å². The highest BCUT2D eigenvalue weighted by molar-refractivity contribution is 6.15. The Kier molecular flexibility index (Phi) is 10.3. The summed E-state index contributed by atoms with van der Waals surface area (Å²) < 4.78 is 28.9. The van der Waals surface area contributed by atoms with Gasteiger partial charge in [0.05, 0.1) is 34.4 Å². The molecule has 5 rings (SSSR count). The maximum absolute atomic E-state index is 15.1. The molecule has 11 nitrogen and oxygen atoms in total. The van der Waals surface area contributed by atoms with Crippen LogP contribution in [-0.2, 0) is 24.7 Å². The van der Waals surface area contributed by atoms with Crippen LogP contribution in [0.25, 0.3) is 0 Å². The number of carbonyl (C=O) groups is 4. The number of fused-ring (bicyclic) bond motifs is 1. The van der Waals surface area contributed by atoms with E-state index in [-0.39, 0.29) is 28.9 Å². The van der Waals surface area contributed by atoms with Crippen LogP contribution in [0.15, 0.2) is 66.7 Å². The first kappa shape index (κ1) is 34.3. The number of nitrogens with one attached hydrogen (secondary N) is 1. The lowest BCUT2D eigenvalue weighted by molar-refractivity contribution is -0.165. The first-order valence-corrected chi connectivity index (χ1v) is 16.0. The van der Waals surface area contributed by atoms with E-state index in [0.29, 0.717) is 48.4 Å². The molecule has 2 amide bonds. The zero-order valence-corrected chi connectivity index (χ0v) is 28.1. The average Bonchev–Trinajstić information content (AvgIpc) is 3.55. The van der Waals surface area contributed by atoms with E-state index in [1.807, 2.05) is 13.8 Å². The topological polar surface area (TPSA) is 130 Å². The fraction of sp³-hybridized carbons (Fsp3) is 0.405. The van der Waals surface area contributed by atoms with Crippen molar-refractivity contribution in [3.8, 4) is 23.0 Å². The summed E-state index contributed by atoms with van der Waals surface area (Å²) >= 11 is 0. The van der Waals surface area contributed by atoms with Crippen molar-refractivity contribution in [1.82, 2.24) is 10.2 Å². The Morgan fingerprint density at radius 2 is 1.65 bits per heavy atom. The van der Waals surface area contributed by atoms with Crippen molar-refractivity contribution in [3.63, 3.8) is 0 Å². The van der Waals surface area contributed by atoms with Crippen LogP contribution in [-0.4, -0.2) is 69.6 Å². The number of ketones is 1. The van der Waals surface area contributed by atoms with Crippen molar-refractivity contribution < 1.29 is 42.9 Å². The molecule has 0 aromatic heterocycles. The molecule has 1 fully saturated rings. The molecule has 2 aliphatic rings. The molecule has 1 N–H and O–H groups in total. The Labute approximate surface area is 280 Å². The van der Waals surface area contributed by atoms with Gasteiger partial charge in [0.15, 0.2) is 5.78 Å². The molecule has 0 saturated carbocycles. The first-order chi connectivity index (χ1) is 23.1. The van der Waals surface area contributed by atoms with Crippen molar-refractivity contribution in [1.29, 1.82) is 0 Å². The molecule has 3 aromatic carbocycles. The van der Waals surface area contributed by atoms with E-state index in [1.54, 1.807) is 54.6 Å². The van der Waals surface area contributed by atoms with Crippen molar-refractivity contribution in [3.05, 3.63) is 83.4 Å². The van der Waals surface area contributed by atoms with Gasteiger partial charge in [-0.2, -0.15) is 0 Å². The molecule has 0 unspecified atom stereocenters. The summed E-state index contributed by atoms with van der Waals surface area (Å²) in [6.07, 6.45) is 1.12. The number of nitrogens with zero attached hydrogens (tertiary/aromatic N) is 1. The second-order valence-corrected chi connectivity index (χ2v) is 12.0. The van der Waals surface area contributed by atoms with Gasteiger partial charge in [-0.1, -0.05) is 56.3 Å². The number of carbonyl (C=O) groups excluding carboxylic acids is 4. The van der Waals surface area contributed by atoms with Gasteiger partial charge in [0, 0.05) is 30.2 Å². The Morgan fingerprint density at radius 3 is 2.25 bits per heavy atom. The summed E-state index contributed by atoms with van der Waals surface area (Å²) in [4.78, 5) is 59.2. The molecule has 48 heavy (non-hydrogen) atoms. The summed E-state index contributed by atoms with van der Waals surface area (Å²) in [6.45, 7) is 4.05. The second-order valence-electron chi connectivity index (χ2n) is 12.0. The number of hydrogen-bond acceptors (Lipinski definition) is 9. The predicted molar refractivity (Wildman–Crippen MR) is 176 cm³/mol. The zero-order valence-electron chi connectivity index (χ0n) is 28.1. The van der Waals surface area contributed by atoms with Crippen molar-refractivity contribution >= 4 is 23.6 Å². The van der Waals surface area contributed by atoms with Gasteiger partial charge in [-0.05, 0) is 37.0 Å². The minimum atomic E-state index is -2.07. The number of Topliss-reactive ketones (excluding diaryl/α,β-unsaturated/α-hetero) is 1. The van der Waals surface area contributed by atoms with E-state index < -0.39 is 41.3 Å². The summed E-state index contributed by atoms with van der Waals surface area (Å²) in [6, 6.07) is 18.5. The van der Waals surface area contributed by atoms with Gasteiger partial charge in [-0.25, -0.2) is 4.79 Å². The molecule has 11 heteroatoms. The number of rotatable bonds is 10. The predicted octanol–water partition coefficient (Wildman–Crippen LogP) is 4.87. The molecule has 1 saturated heterocycles. The third-order valence-corrected chi connectivity index (χ3v) is 9.40. The van der Waals surface area contributed by atoms with Crippen molar-refractivity contribution in [2.75, 3.05) is 35.0 Å². The van der Waals surface area contributed by atoms with Crippen LogP contribution in [0.1, 0.15) is 60.5 Å². The van der Waals surface area contributed by atoms with Crippen LogP contribution < -0.4 is 24.3 Å². The van der Waals surface area contributed by atoms with Gasteiger partial charge in [0.25, 0.3) is 0 Å². The van der Waals surface area contributed by atoms with Crippen LogP contribution in [0.3, 0.4) is 0 Å². The molecule has 0 spiro atoms. The lowest BCUT2D eigenvalue weighted by atomic mass is 9.68. The van der Waals surface area contributed by atoms with Gasteiger partial charge in [0.2, 0.25) is 17.4 Å². The van der Waals surface area contributed by atoms with Gasteiger partial charge in [-0.3, -0.25) is 14.4 Å². The Balaban J connectivity index is 1.82. The minimum Gasteiger partial charge on any atom is -0.497 e. The van der Waals surface area contributed by atoms with E-state index in [2.05, 4.69) is 5.32 Å². The molecule has 0 bridgehead atoms. The standard InChI is InChI=1S/C37H42N2O9/c1-7-22(2)34(41)38-29-14-11-19-39(29)35(42)31-32(23-12-9-8-10-13-23)37(36(43)47-6,24-15-17-25(44-3)18-16-24)48-28-21-26(45-4)20-27(46-5)30(28)33(31)40/h8-10,12-13,15-18,20-22,29,31-32H,7,11,14,19H2,1-6H3,(H,38,41)/t22-,29-,31+,32+,37-/m0/s1. The molecule has 2 aliphatic heterocycles. The molecular weight excluding hydrogens is 616 g/mol. The SMILES string of the molecule is CC[C@H](C)C(=O)N[C@@H]1CCCN1C(=O)[C@H]1C(=O)c2c(OC)cc(OC)cc2O[C@@](C(=O)OC)(c2ccc(OC)cc2)[C@@H]1c1ccccc1. The number of likely N-dealkylation sites (tertiary alicyclic amines) is 1. The highest BCUT2D eigenvalue weighted by Gasteiger charge is 2.61. The fourth-order valence-electron chi connectivity index (χ4n) is 6.66. The normalized spacial score (nSPS) is 22.4. The average molecular weight is 659 g/mol. The quantitative estimate of drug-likeness (QED) is 0.240. The molecular formula is C37H42N2O9. The third kappa shape index (κ3) is 6.05. The van der Waals surface area contributed by atoms with E-state index in [9.17, 15) is 9.59 Å². The second kappa shape index (κ2) is 14.4. The van der Waals surface area contributed by atoms with Crippen molar-refractivity contribution in [2.24, 2.45) is 11.8 Å². The van der Waals surface area contributed by atoms with Gasteiger partial charge < -0.3 is 33.9 Å². The molecule has 3 aromatic rings. The lowest BCUT2D eigenvalue weighted by Crippen LogP contribution is -2.56. The maximum atomic E-state index is 15.1.